The Balaban J connectivity index is 1.80. The van der Waals surface area contributed by atoms with E-state index >= 15 is 0 Å². The summed E-state index contributed by atoms with van der Waals surface area (Å²) in [7, 11) is 0. The molecule has 1 aromatic rings. The van der Waals surface area contributed by atoms with Gasteiger partial charge in [0.2, 0.25) is 0 Å². The summed E-state index contributed by atoms with van der Waals surface area (Å²) in [4.78, 5) is 0. The molecule has 1 aliphatic carbocycles. The molecule has 2 atom stereocenters. The lowest BCUT2D eigenvalue weighted by molar-refractivity contribution is 0.436. The fourth-order valence-corrected chi connectivity index (χ4v) is 2.37. The first-order valence-corrected chi connectivity index (χ1v) is 6.59. The van der Waals surface area contributed by atoms with Gasteiger partial charge in [0.15, 0.2) is 0 Å². The molecule has 1 fully saturated rings. The van der Waals surface area contributed by atoms with Gasteiger partial charge in [-0.3, -0.25) is 0 Å². The molecule has 0 saturated heterocycles. The Bertz CT molecular complexity index is 302. The summed E-state index contributed by atoms with van der Waals surface area (Å²) in [6.45, 7) is 5.71. The maximum Gasteiger partial charge on any atom is 0.00929 e. The van der Waals surface area contributed by atoms with E-state index in [2.05, 4.69) is 49.5 Å². The van der Waals surface area contributed by atoms with Crippen molar-refractivity contribution in [1.29, 1.82) is 0 Å². The van der Waals surface area contributed by atoms with Crippen LogP contribution in [0.25, 0.3) is 0 Å². The monoisotopic (exact) mass is 217 g/mol. The van der Waals surface area contributed by atoms with E-state index in [1.54, 1.807) is 0 Å². The van der Waals surface area contributed by atoms with Crippen LogP contribution in [0.4, 0.5) is 0 Å². The molecule has 1 aliphatic rings. The van der Waals surface area contributed by atoms with E-state index in [0.717, 1.165) is 18.5 Å². The summed E-state index contributed by atoms with van der Waals surface area (Å²) >= 11 is 0. The van der Waals surface area contributed by atoms with Gasteiger partial charge in [0, 0.05) is 12.6 Å². The van der Waals surface area contributed by atoms with Gasteiger partial charge in [0.1, 0.15) is 0 Å². The molecule has 0 radical (unpaired) electrons. The zero-order valence-electron chi connectivity index (χ0n) is 10.4. The number of benzene rings is 1. The Morgan fingerprint density at radius 1 is 1.25 bits per heavy atom. The van der Waals surface area contributed by atoms with Crippen LogP contribution in [0.3, 0.4) is 0 Å². The molecule has 0 spiro atoms. The van der Waals surface area contributed by atoms with E-state index in [1.807, 2.05) is 0 Å². The smallest absolute Gasteiger partial charge is 0.00929 e. The van der Waals surface area contributed by atoms with Crippen molar-refractivity contribution < 1.29 is 0 Å². The first-order chi connectivity index (χ1) is 7.81. The van der Waals surface area contributed by atoms with Gasteiger partial charge < -0.3 is 5.32 Å². The largest absolute Gasteiger partial charge is 0.313 e. The summed E-state index contributed by atoms with van der Waals surface area (Å²) in [6.07, 6.45) is 4.14. The summed E-state index contributed by atoms with van der Waals surface area (Å²) in [5, 5.41) is 3.73. The third-order valence-electron chi connectivity index (χ3n) is 3.69. The van der Waals surface area contributed by atoms with Crippen LogP contribution in [-0.2, 0) is 0 Å². The van der Waals surface area contributed by atoms with Gasteiger partial charge in [-0.1, -0.05) is 44.2 Å². The maximum atomic E-state index is 3.73. The minimum Gasteiger partial charge on any atom is -0.313 e. The highest BCUT2D eigenvalue weighted by Gasteiger charge is 2.29. The Labute approximate surface area is 99.3 Å². The first-order valence-electron chi connectivity index (χ1n) is 6.59. The molecule has 1 aromatic carbocycles. The van der Waals surface area contributed by atoms with Crippen LogP contribution in [0.1, 0.15) is 44.6 Å². The van der Waals surface area contributed by atoms with Crippen LogP contribution in [0.2, 0.25) is 0 Å². The van der Waals surface area contributed by atoms with Crippen LogP contribution >= 0.6 is 0 Å². The molecule has 0 aromatic heterocycles. The summed E-state index contributed by atoms with van der Waals surface area (Å²) in [5.74, 6) is 1.59. The second-order valence-electron chi connectivity index (χ2n) is 5.07. The zero-order valence-corrected chi connectivity index (χ0v) is 10.4. The van der Waals surface area contributed by atoms with Crippen LogP contribution in [0.5, 0.6) is 0 Å². The average molecular weight is 217 g/mol. The van der Waals surface area contributed by atoms with Crippen molar-refractivity contribution in [3.8, 4) is 0 Å². The zero-order chi connectivity index (χ0) is 11.4. The fourth-order valence-electron chi connectivity index (χ4n) is 2.37. The lowest BCUT2D eigenvalue weighted by atomic mass is 10.0. The third kappa shape index (κ3) is 3.08. The average Bonchev–Trinajstić information content (AvgIpc) is 3.15. The molecule has 0 bridgehead atoms. The van der Waals surface area contributed by atoms with E-state index in [-0.39, 0.29) is 0 Å². The molecule has 0 aliphatic heterocycles. The summed E-state index contributed by atoms with van der Waals surface area (Å²) in [5.41, 5.74) is 1.45. The second-order valence-corrected chi connectivity index (χ2v) is 5.07. The molecule has 1 saturated carbocycles. The van der Waals surface area contributed by atoms with E-state index in [0.29, 0.717) is 5.92 Å². The lowest BCUT2D eigenvalue weighted by Gasteiger charge is -2.19. The Morgan fingerprint density at radius 2 is 1.94 bits per heavy atom. The normalized spacial score (nSPS) is 19.4. The predicted molar refractivity (Wildman–Crippen MR) is 69.7 cm³/mol. The molecule has 2 rings (SSSR count). The summed E-state index contributed by atoms with van der Waals surface area (Å²) < 4.78 is 0. The molecule has 1 N–H and O–H groups in total. The van der Waals surface area contributed by atoms with Crippen molar-refractivity contribution in [2.75, 3.05) is 6.54 Å². The maximum absolute atomic E-state index is 3.73. The van der Waals surface area contributed by atoms with Crippen LogP contribution in [0.15, 0.2) is 30.3 Å². The highest BCUT2D eigenvalue weighted by molar-refractivity contribution is 5.19. The number of hydrogen-bond donors (Lipinski definition) is 1. The van der Waals surface area contributed by atoms with Gasteiger partial charge in [-0.15, -0.1) is 0 Å². The van der Waals surface area contributed by atoms with E-state index in [1.165, 1.54) is 24.8 Å². The highest BCUT2D eigenvalue weighted by atomic mass is 14.9. The molecule has 2 unspecified atom stereocenters. The highest BCUT2D eigenvalue weighted by Crippen LogP contribution is 2.34. The quantitative estimate of drug-likeness (QED) is 0.768. The van der Waals surface area contributed by atoms with E-state index < -0.39 is 0 Å². The van der Waals surface area contributed by atoms with Crippen molar-refractivity contribution in [2.45, 2.75) is 45.1 Å². The SMILES string of the molecule is CCC(NCC(C)c1ccccc1)C1CC1. The molecular weight excluding hydrogens is 194 g/mol. The Kier molecular flexibility index (Phi) is 4.00. The standard InChI is InChI=1S/C15H23N/c1-3-15(14-9-10-14)16-11-12(2)13-7-5-4-6-8-13/h4-8,12,14-16H,3,9-11H2,1-2H3. The van der Waals surface area contributed by atoms with Crippen molar-refractivity contribution >= 4 is 0 Å². The fraction of sp³-hybridized carbons (Fsp3) is 0.600. The number of hydrogen-bond acceptors (Lipinski definition) is 1. The van der Waals surface area contributed by atoms with Gasteiger partial charge in [0.05, 0.1) is 0 Å². The number of rotatable bonds is 6. The summed E-state index contributed by atoms with van der Waals surface area (Å²) in [6, 6.07) is 11.6. The molecule has 0 heterocycles. The Hall–Kier alpha value is -0.820. The van der Waals surface area contributed by atoms with Gasteiger partial charge in [-0.2, -0.15) is 0 Å². The topological polar surface area (TPSA) is 12.0 Å². The van der Waals surface area contributed by atoms with Crippen molar-refractivity contribution in [3.63, 3.8) is 0 Å². The van der Waals surface area contributed by atoms with Gasteiger partial charge >= 0.3 is 0 Å². The molecular formula is C15H23N. The second kappa shape index (κ2) is 5.49. The van der Waals surface area contributed by atoms with Crippen LogP contribution < -0.4 is 5.32 Å². The Morgan fingerprint density at radius 3 is 2.50 bits per heavy atom. The molecule has 88 valence electrons. The minimum absolute atomic E-state index is 0.619. The van der Waals surface area contributed by atoms with Crippen molar-refractivity contribution in [3.05, 3.63) is 35.9 Å². The van der Waals surface area contributed by atoms with Crippen LogP contribution in [-0.4, -0.2) is 12.6 Å². The predicted octanol–water partition coefficient (Wildman–Crippen LogP) is 3.57. The van der Waals surface area contributed by atoms with Gasteiger partial charge in [-0.05, 0) is 36.7 Å². The molecule has 1 heteroatoms. The third-order valence-corrected chi connectivity index (χ3v) is 3.69. The minimum atomic E-state index is 0.619. The number of nitrogens with one attached hydrogen (secondary N) is 1. The van der Waals surface area contributed by atoms with Crippen LogP contribution in [0, 0.1) is 5.92 Å². The molecule has 16 heavy (non-hydrogen) atoms. The van der Waals surface area contributed by atoms with E-state index in [9.17, 15) is 0 Å². The van der Waals surface area contributed by atoms with Gasteiger partial charge in [-0.25, -0.2) is 0 Å². The lowest BCUT2D eigenvalue weighted by Crippen LogP contribution is -2.33. The molecule has 1 nitrogen and oxygen atoms in total. The van der Waals surface area contributed by atoms with Gasteiger partial charge in [0.25, 0.3) is 0 Å². The van der Waals surface area contributed by atoms with Crippen molar-refractivity contribution in [2.24, 2.45) is 5.92 Å². The van der Waals surface area contributed by atoms with Crippen molar-refractivity contribution in [1.82, 2.24) is 5.32 Å². The van der Waals surface area contributed by atoms with E-state index in [4.69, 9.17) is 0 Å². The first kappa shape index (κ1) is 11.7. The molecule has 0 amide bonds.